The molecule has 0 aromatic heterocycles. The summed E-state index contributed by atoms with van der Waals surface area (Å²) in [7, 11) is 1.87. The molecule has 12 heavy (non-hydrogen) atoms. The Morgan fingerprint density at radius 3 is 2.42 bits per heavy atom. The Balaban J connectivity index is 2.78. The van der Waals surface area contributed by atoms with Gasteiger partial charge in [0.1, 0.15) is 0 Å². The van der Waals surface area contributed by atoms with Crippen LogP contribution < -0.4 is 0 Å². The molecule has 0 saturated carbocycles. The monoisotopic (exact) mass is 168 g/mol. The van der Waals surface area contributed by atoms with Gasteiger partial charge in [-0.2, -0.15) is 0 Å². The molecule has 0 N–H and O–H groups in total. The van der Waals surface area contributed by atoms with Gasteiger partial charge in [0, 0.05) is 19.1 Å². The van der Waals surface area contributed by atoms with Crippen LogP contribution in [0.1, 0.15) is 34.1 Å². The highest BCUT2D eigenvalue weighted by molar-refractivity contribution is 5.80. The number of amidine groups is 1. The first-order valence-corrected chi connectivity index (χ1v) is 4.68. The van der Waals surface area contributed by atoms with E-state index in [9.17, 15) is 0 Å². The van der Waals surface area contributed by atoms with Crippen molar-refractivity contribution in [1.82, 2.24) is 4.90 Å². The van der Waals surface area contributed by atoms with Crippen LogP contribution in [0.4, 0.5) is 0 Å². The van der Waals surface area contributed by atoms with Crippen molar-refractivity contribution in [3.8, 4) is 0 Å². The van der Waals surface area contributed by atoms with Crippen LogP contribution in [-0.4, -0.2) is 29.9 Å². The Morgan fingerprint density at radius 2 is 2.08 bits per heavy atom. The lowest BCUT2D eigenvalue weighted by Crippen LogP contribution is -2.41. The molecule has 1 aliphatic rings. The molecule has 70 valence electrons. The summed E-state index contributed by atoms with van der Waals surface area (Å²) in [5.41, 5.74) is 0.309. The zero-order chi connectivity index (χ0) is 9.35. The van der Waals surface area contributed by atoms with E-state index in [4.69, 9.17) is 0 Å². The molecule has 0 bridgehead atoms. The molecule has 0 aromatic rings. The standard InChI is InChI=1S/C10H20N2/c1-8-6-10(3,4)12(7-8)9(2)11-5/h8H,6-7H2,1-5H3/b11-9+/t8-/m0/s1. The van der Waals surface area contributed by atoms with E-state index < -0.39 is 0 Å². The molecule has 1 rings (SSSR count). The van der Waals surface area contributed by atoms with Gasteiger partial charge in [-0.15, -0.1) is 0 Å². The molecule has 0 unspecified atom stereocenters. The predicted molar refractivity (Wildman–Crippen MR) is 53.6 cm³/mol. The van der Waals surface area contributed by atoms with E-state index in [0.29, 0.717) is 5.54 Å². The normalized spacial score (nSPS) is 29.6. The Bertz CT molecular complexity index is 194. The number of aliphatic imine (C=N–C) groups is 1. The summed E-state index contributed by atoms with van der Waals surface area (Å²) in [5.74, 6) is 1.97. The van der Waals surface area contributed by atoms with Gasteiger partial charge in [0.15, 0.2) is 0 Å². The van der Waals surface area contributed by atoms with Gasteiger partial charge in [-0.3, -0.25) is 4.99 Å². The lowest BCUT2D eigenvalue weighted by atomic mass is 9.98. The summed E-state index contributed by atoms with van der Waals surface area (Å²) in [6.07, 6.45) is 1.28. The fourth-order valence-electron chi connectivity index (χ4n) is 2.28. The molecule has 2 nitrogen and oxygen atoms in total. The topological polar surface area (TPSA) is 15.6 Å². The van der Waals surface area contributed by atoms with Crippen molar-refractivity contribution >= 4 is 5.84 Å². The van der Waals surface area contributed by atoms with Gasteiger partial charge in [-0.1, -0.05) is 6.92 Å². The highest BCUT2D eigenvalue weighted by atomic mass is 15.3. The molecular weight excluding hydrogens is 148 g/mol. The number of nitrogens with zero attached hydrogens (tertiary/aromatic N) is 2. The minimum Gasteiger partial charge on any atom is -0.355 e. The van der Waals surface area contributed by atoms with Gasteiger partial charge in [0.2, 0.25) is 0 Å². The zero-order valence-corrected chi connectivity index (χ0v) is 8.89. The van der Waals surface area contributed by atoms with E-state index in [0.717, 1.165) is 12.5 Å². The van der Waals surface area contributed by atoms with E-state index in [-0.39, 0.29) is 0 Å². The second kappa shape index (κ2) is 3.08. The van der Waals surface area contributed by atoms with E-state index in [2.05, 4.69) is 37.6 Å². The number of likely N-dealkylation sites (tertiary alicyclic amines) is 1. The Hall–Kier alpha value is -0.530. The summed E-state index contributed by atoms with van der Waals surface area (Å²) < 4.78 is 0. The van der Waals surface area contributed by atoms with E-state index in [1.807, 2.05) is 7.05 Å². The quantitative estimate of drug-likeness (QED) is 0.400. The van der Waals surface area contributed by atoms with Gasteiger partial charge in [-0.25, -0.2) is 0 Å². The highest BCUT2D eigenvalue weighted by Crippen LogP contribution is 2.32. The smallest absolute Gasteiger partial charge is 0.0958 e. The van der Waals surface area contributed by atoms with Crippen LogP contribution in [0, 0.1) is 5.92 Å². The van der Waals surface area contributed by atoms with Crippen molar-refractivity contribution in [2.75, 3.05) is 13.6 Å². The van der Waals surface area contributed by atoms with Crippen LogP contribution in [0.3, 0.4) is 0 Å². The number of rotatable bonds is 0. The third-order valence-corrected chi connectivity index (χ3v) is 2.79. The summed E-state index contributed by atoms with van der Waals surface area (Å²) >= 11 is 0. The summed E-state index contributed by atoms with van der Waals surface area (Å²) in [6, 6.07) is 0. The van der Waals surface area contributed by atoms with E-state index in [1.165, 1.54) is 12.3 Å². The lowest BCUT2D eigenvalue weighted by Gasteiger charge is -2.32. The van der Waals surface area contributed by atoms with Crippen molar-refractivity contribution < 1.29 is 0 Å². The average Bonchev–Trinajstić information content (AvgIpc) is 2.23. The predicted octanol–water partition coefficient (Wildman–Crippen LogP) is 2.16. The molecule has 0 amide bonds. The number of hydrogen-bond donors (Lipinski definition) is 0. The van der Waals surface area contributed by atoms with Gasteiger partial charge >= 0.3 is 0 Å². The van der Waals surface area contributed by atoms with Crippen molar-refractivity contribution in [3.05, 3.63) is 0 Å². The summed E-state index contributed by atoms with van der Waals surface area (Å²) in [4.78, 5) is 6.66. The van der Waals surface area contributed by atoms with Gasteiger partial charge in [-0.05, 0) is 33.1 Å². The highest BCUT2D eigenvalue weighted by Gasteiger charge is 2.36. The van der Waals surface area contributed by atoms with E-state index >= 15 is 0 Å². The van der Waals surface area contributed by atoms with Crippen molar-refractivity contribution in [1.29, 1.82) is 0 Å². The third kappa shape index (κ3) is 1.62. The van der Waals surface area contributed by atoms with Crippen molar-refractivity contribution in [3.63, 3.8) is 0 Å². The van der Waals surface area contributed by atoms with Crippen LogP contribution in [0.25, 0.3) is 0 Å². The van der Waals surface area contributed by atoms with Gasteiger partial charge < -0.3 is 4.90 Å². The molecule has 0 radical (unpaired) electrons. The second-order valence-electron chi connectivity index (χ2n) is 4.50. The largest absolute Gasteiger partial charge is 0.355 e. The van der Waals surface area contributed by atoms with Crippen LogP contribution in [0.15, 0.2) is 4.99 Å². The maximum Gasteiger partial charge on any atom is 0.0958 e. The maximum absolute atomic E-state index is 4.24. The SMILES string of the molecule is C/N=C(\C)N1C[C@@H](C)CC1(C)C. The molecule has 2 heteroatoms. The van der Waals surface area contributed by atoms with Crippen LogP contribution in [-0.2, 0) is 0 Å². The van der Waals surface area contributed by atoms with Gasteiger partial charge in [0.25, 0.3) is 0 Å². The van der Waals surface area contributed by atoms with Crippen LogP contribution >= 0.6 is 0 Å². The molecular formula is C10H20N2. The average molecular weight is 168 g/mol. The molecule has 1 atom stereocenters. The van der Waals surface area contributed by atoms with Crippen LogP contribution in [0.5, 0.6) is 0 Å². The van der Waals surface area contributed by atoms with Crippen molar-refractivity contribution in [2.24, 2.45) is 10.9 Å². The minimum absolute atomic E-state index is 0.309. The molecule has 0 spiro atoms. The van der Waals surface area contributed by atoms with E-state index in [1.54, 1.807) is 0 Å². The fraction of sp³-hybridized carbons (Fsp3) is 0.900. The Labute approximate surface area is 75.7 Å². The first kappa shape index (κ1) is 9.56. The second-order valence-corrected chi connectivity index (χ2v) is 4.50. The molecule has 1 fully saturated rings. The minimum atomic E-state index is 0.309. The third-order valence-electron chi connectivity index (χ3n) is 2.79. The van der Waals surface area contributed by atoms with Crippen LogP contribution in [0.2, 0.25) is 0 Å². The first-order valence-electron chi connectivity index (χ1n) is 4.68. The molecule has 0 aliphatic carbocycles. The zero-order valence-electron chi connectivity index (χ0n) is 8.89. The Kier molecular flexibility index (Phi) is 2.45. The molecule has 1 heterocycles. The summed E-state index contributed by atoms with van der Waals surface area (Å²) in [5, 5.41) is 0. The first-order chi connectivity index (χ1) is 5.47. The summed E-state index contributed by atoms with van der Waals surface area (Å²) in [6.45, 7) is 10.2. The maximum atomic E-state index is 4.24. The fourth-order valence-corrected chi connectivity index (χ4v) is 2.28. The molecule has 1 saturated heterocycles. The van der Waals surface area contributed by atoms with Gasteiger partial charge in [0.05, 0.1) is 5.84 Å². The Morgan fingerprint density at radius 1 is 1.50 bits per heavy atom. The molecule has 0 aromatic carbocycles. The number of hydrogen-bond acceptors (Lipinski definition) is 1. The molecule has 1 aliphatic heterocycles. The lowest BCUT2D eigenvalue weighted by molar-refractivity contribution is 0.280. The van der Waals surface area contributed by atoms with Crippen molar-refractivity contribution in [2.45, 2.75) is 39.7 Å².